The van der Waals surface area contributed by atoms with E-state index in [1.165, 1.54) is 32.1 Å². The number of carbonyl (C=O) groups is 2. The van der Waals surface area contributed by atoms with Crippen molar-refractivity contribution < 1.29 is 23.8 Å². The smallest absolute Gasteiger partial charge is 0.309 e. The van der Waals surface area contributed by atoms with Gasteiger partial charge in [0, 0.05) is 13.0 Å². The second-order valence-corrected chi connectivity index (χ2v) is 15.3. The zero-order chi connectivity index (χ0) is 44.9. The van der Waals surface area contributed by atoms with Crippen LogP contribution in [-0.2, 0) is 23.8 Å². The zero-order valence-corrected chi connectivity index (χ0v) is 39.6. The first-order valence-electron chi connectivity index (χ1n) is 24.4. The lowest BCUT2D eigenvalue weighted by atomic mass is 10.1. The molecule has 0 amide bonds. The molecule has 0 spiro atoms. The lowest BCUT2D eigenvalue weighted by Crippen LogP contribution is -2.30. The van der Waals surface area contributed by atoms with E-state index in [2.05, 4.69) is 154 Å². The molecule has 0 aliphatic heterocycles. The molecule has 5 nitrogen and oxygen atoms in total. The minimum Gasteiger partial charge on any atom is -0.461 e. The van der Waals surface area contributed by atoms with Gasteiger partial charge in [-0.2, -0.15) is 0 Å². The molecule has 0 saturated carbocycles. The molecular formula is C57H88O5. The maximum Gasteiger partial charge on any atom is 0.309 e. The van der Waals surface area contributed by atoms with Crippen LogP contribution in [0.4, 0.5) is 0 Å². The highest BCUT2D eigenvalue weighted by Crippen LogP contribution is 2.11. The average Bonchev–Trinajstić information content (AvgIpc) is 3.27. The van der Waals surface area contributed by atoms with Crippen molar-refractivity contribution in [1.82, 2.24) is 0 Å². The summed E-state index contributed by atoms with van der Waals surface area (Å²) in [6, 6.07) is 0. The molecule has 0 N–H and O–H groups in total. The highest BCUT2D eigenvalue weighted by atomic mass is 16.6. The van der Waals surface area contributed by atoms with Gasteiger partial charge in [-0.15, -0.1) is 0 Å². The largest absolute Gasteiger partial charge is 0.461 e. The Hall–Kier alpha value is -4.22. The molecule has 0 rings (SSSR count). The molecule has 1 atom stereocenters. The number of unbranched alkanes of at least 4 members (excludes halogenated alkanes) is 8. The fraction of sp³-hybridized carbons (Fsp3) is 0.544. The van der Waals surface area contributed by atoms with E-state index in [0.29, 0.717) is 13.0 Å². The Balaban J connectivity index is 4.51. The van der Waals surface area contributed by atoms with E-state index >= 15 is 0 Å². The molecule has 346 valence electrons. The van der Waals surface area contributed by atoms with E-state index in [1.54, 1.807) is 0 Å². The number of carbonyl (C=O) groups excluding carboxylic acids is 2. The Kier molecular flexibility index (Phi) is 47.7. The second-order valence-electron chi connectivity index (χ2n) is 15.3. The Morgan fingerprint density at radius 2 is 0.774 bits per heavy atom. The molecule has 0 heterocycles. The van der Waals surface area contributed by atoms with Crippen molar-refractivity contribution in [2.75, 3.05) is 19.8 Å². The summed E-state index contributed by atoms with van der Waals surface area (Å²) in [4.78, 5) is 25.2. The third-order valence-electron chi connectivity index (χ3n) is 9.37. The van der Waals surface area contributed by atoms with Crippen molar-refractivity contribution >= 4 is 11.9 Å². The van der Waals surface area contributed by atoms with Crippen LogP contribution in [0.3, 0.4) is 0 Å². The van der Waals surface area contributed by atoms with Crippen molar-refractivity contribution in [2.24, 2.45) is 0 Å². The van der Waals surface area contributed by atoms with Crippen LogP contribution in [0.25, 0.3) is 0 Å². The van der Waals surface area contributed by atoms with Gasteiger partial charge in [-0.3, -0.25) is 9.59 Å². The number of ether oxygens (including phenoxy) is 3. The van der Waals surface area contributed by atoms with E-state index in [9.17, 15) is 9.59 Å². The van der Waals surface area contributed by atoms with Crippen LogP contribution in [-0.4, -0.2) is 37.9 Å². The molecule has 0 radical (unpaired) electrons. The van der Waals surface area contributed by atoms with E-state index in [1.807, 2.05) is 12.2 Å². The first kappa shape index (κ1) is 57.8. The number of allylic oxidation sites excluding steroid dienone is 23. The summed E-state index contributed by atoms with van der Waals surface area (Å²) in [5, 5.41) is 0. The molecule has 0 aliphatic rings. The summed E-state index contributed by atoms with van der Waals surface area (Å²) in [5.74, 6) is -0.602. The topological polar surface area (TPSA) is 61.8 Å². The van der Waals surface area contributed by atoms with E-state index in [-0.39, 0.29) is 31.6 Å². The van der Waals surface area contributed by atoms with Crippen molar-refractivity contribution in [1.29, 1.82) is 0 Å². The number of hydrogen-bond acceptors (Lipinski definition) is 5. The predicted octanol–water partition coefficient (Wildman–Crippen LogP) is 16.6. The maximum absolute atomic E-state index is 12.7. The fourth-order valence-electron chi connectivity index (χ4n) is 5.81. The van der Waals surface area contributed by atoms with Gasteiger partial charge in [-0.1, -0.05) is 199 Å². The SMILES string of the molecule is CC/C=C\C/C=C\C/C=C\C/C=C\C/C=C\C/C=C\CCCOCC(COC(=O)C/C=C\C/C=C\C/C=C\C/C=C\C/C=C\CC)OC(=O)CCCCCCC/C=C\CCCC. The molecule has 0 aromatic heterocycles. The quantitative estimate of drug-likeness (QED) is 0.0348. The number of hydrogen-bond donors (Lipinski definition) is 0. The normalized spacial score (nSPS) is 13.5. The molecule has 0 saturated heterocycles. The first-order chi connectivity index (χ1) is 30.6. The van der Waals surface area contributed by atoms with E-state index in [0.717, 1.165) is 109 Å². The Morgan fingerprint density at radius 3 is 1.26 bits per heavy atom. The van der Waals surface area contributed by atoms with Gasteiger partial charge < -0.3 is 14.2 Å². The van der Waals surface area contributed by atoms with Crippen LogP contribution in [0.15, 0.2) is 146 Å². The summed E-state index contributed by atoms with van der Waals surface area (Å²) >= 11 is 0. The molecule has 5 heteroatoms. The van der Waals surface area contributed by atoms with Crippen molar-refractivity contribution in [3.63, 3.8) is 0 Å². The predicted molar refractivity (Wildman–Crippen MR) is 269 cm³/mol. The molecule has 0 bridgehead atoms. The van der Waals surface area contributed by atoms with Gasteiger partial charge in [0.2, 0.25) is 0 Å². The van der Waals surface area contributed by atoms with Gasteiger partial charge in [0.15, 0.2) is 6.10 Å². The standard InChI is InChI=1S/C57H88O5/c1-4-7-10-13-16-19-22-24-26-27-28-29-30-32-34-37-40-43-46-49-52-60-53-55(62-57(59)51-48-45-42-39-35-21-18-15-12-9-6-3)54-61-56(58)50-47-44-41-38-36-33-31-25-23-20-17-14-11-8-5-2/h7-8,10-11,15-20,24-26,28-29,31-32,34,36,38,40,43-44,47,55H,4-6,9,12-14,21-23,27,30,33,35,37,39,41-42,45-46,48-54H2,1-3H3/b10-7-,11-8-,18-15-,19-16-,20-17-,26-24-,29-28-,31-25-,34-32-,38-36-,43-40-,47-44-. The third-order valence-corrected chi connectivity index (χ3v) is 9.37. The number of esters is 2. The summed E-state index contributed by atoms with van der Waals surface area (Å²) in [7, 11) is 0. The maximum atomic E-state index is 12.7. The molecule has 0 fully saturated rings. The Bertz CT molecular complexity index is 1380. The Morgan fingerprint density at radius 1 is 0.387 bits per heavy atom. The zero-order valence-electron chi connectivity index (χ0n) is 39.6. The molecule has 0 aliphatic carbocycles. The van der Waals surface area contributed by atoms with Crippen LogP contribution in [0.1, 0.15) is 175 Å². The first-order valence-corrected chi connectivity index (χ1v) is 24.4. The minimum atomic E-state index is -0.620. The monoisotopic (exact) mass is 853 g/mol. The highest BCUT2D eigenvalue weighted by Gasteiger charge is 2.17. The molecular weight excluding hydrogens is 765 g/mol. The average molecular weight is 853 g/mol. The van der Waals surface area contributed by atoms with Crippen LogP contribution < -0.4 is 0 Å². The van der Waals surface area contributed by atoms with Crippen LogP contribution >= 0.6 is 0 Å². The van der Waals surface area contributed by atoms with Gasteiger partial charge in [-0.25, -0.2) is 0 Å². The highest BCUT2D eigenvalue weighted by molar-refractivity contribution is 5.71. The van der Waals surface area contributed by atoms with Gasteiger partial charge in [0.05, 0.1) is 13.0 Å². The fourth-order valence-corrected chi connectivity index (χ4v) is 5.81. The summed E-state index contributed by atoms with van der Waals surface area (Å²) in [6.07, 6.45) is 74.6. The van der Waals surface area contributed by atoms with E-state index < -0.39 is 6.10 Å². The summed E-state index contributed by atoms with van der Waals surface area (Å²) in [6.45, 7) is 7.26. The lowest BCUT2D eigenvalue weighted by Gasteiger charge is -2.18. The van der Waals surface area contributed by atoms with Crippen LogP contribution in [0, 0.1) is 0 Å². The van der Waals surface area contributed by atoms with Crippen LogP contribution in [0.5, 0.6) is 0 Å². The molecule has 1 unspecified atom stereocenters. The number of rotatable bonds is 42. The molecule has 0 aromatic rings. The lowest BCUT2D eigenvalue weighted by molar-refractivity contribution is -0.162. The Labute approximate surface area is 381 Å². The van der Waals surface area contributed by atoms with Gasteiger partial charge in [-0.05, 0) is 109 Å². The third kappa shape index (κ3) is 48.4. The van der Waals surface area contributed by atoms with Crippen molar-refractivity contribution in [3.8, 4) is 0 Å². The van der Waals surface area contributed by atoms with Gasteiger partial charge in [0.25, 0.3) is 0 Å². The van der Waals surface area contributed by atoms with E-state index in [4.69, 9.17) is 14.2 Å². The van der Waals surface area contributed by atoms with Crippen LogP contribution in [0.2, 0.25) is 0 Å². The summed E-state index contributed by atoms with van der Waals surface area (Å²) in [5.41, 5.74) is 0. The van der Waals surface area contributed by atoms with Gasteiger partial charge >= 0.3 is 11.9 Å². The van der Waals surface area contributed by atoms with Crippen molar-refractivity contribution in [3.05, 3.63) is 146 Å². The second kappa shape index (κ2) is 51.1. The molecule has 62 heavy (non-hydrogen) atoms. The minimum absolute atomic E-state index is 0.00575. The summed E-state index contributed by atoms with van der Waals surface area (Å²) < 4.78 is 17.2. The van der Waals surface area contributed by atoms with Gasteiger partial charge in [0.1, 0.15) is 6.61 Å². The molecule has 0 aromatic carbocycles. The van der Waals surface area contributed by atoms with Crippen molar-refractivity contribution in [2.45, 2.75) is 181 Å².